The molecular formula is C12H17N2O2+. The number of hydrogen-bond donors (Lipinski definition) is 1. The second-order valence-electron chi connectivity index (χ2n) is 3.98. The van der Waals surface area contributed by atoms with Crippen molar-refractivity contribution in [2.75, 3.05) is 13.2 Å². The minimum Gasteiger partial charge on any atom is -0.580 e. The zero-order chi connectivity index (χ0) is 11.5. The summed E-state index contributed by atoms with van der Waals surface area (Å²) in [6, 6.07) is 6.39. The van der Waals surface area contributed by atoms with Crippen LogP contribution < -0.4 is 5.73 Å². The molecular weight excluding hydrogens is 204 g/mol. The van der Waals surface area contributed by atoms with Crippen molar-refractivity contribution in [1.82, 2.24) is 0 Å². The lowest BCUT2D eigenvalue weighted by atomic mass is 10.1. The highest BCUT2D eigenvalue weighted by Gasteiger charge is 2.21. The Morgan fingerprint density at radius 1 is 1.50 bits per heavy atom. The Labute approximate surface area is 95.1 Å². The third kappa shape index (κ3) is 2.27. The molecule has 1 aromatic carbocycles. The lowest BCUT2D eigenvalue weighted by Gasteiger charge is -2.11. The summed E-state index contributed by atoms with van der Waals surface area (Å²) < 4.78 is 9.82. The first-order valence-corrected chi connectivity index (χ1v) is 5.37. The Morgan fingerprint density at radius 2 is 2.31 bits per heavy atom. The summed E-state index contributed by atoms with van der Waals surface area (Å²) in [7, 11) is 0. The molecule has 16 heavy (non-hydrogen) atoms. The first-order chi connectivity index (χ1) is 7.66. The van der Waals surface area contributed by atoms with Crippen LogP contribution in [0, 0.1) is 13.8 Å². The fourth-order valence-corrected chi connectivity index (χ4v) is 1.64. The fraction of sp³-hybridized carbons (Fsp3) is 0.417. The average molecular weight is 221 g/mol. The number of hydrogen-bond acceptors (Lipinski definition) is 3. The summed E-state index contributed by atoms with van der Waals surface area (Å²) in [4.78, 5) is 3.98. The van der Waals surface area contributed by atoms with Gasteiger partial charge in [0.25, 0.3) is 11.8 Å². The second kappa shape index (κ2) is 4.43. The minimum atomic E-state index is -0.0000813. The zero-order valence-electron chi connectivity index (χ0n) is 9.60. The quantitative estimate of drug-likeness (QED) is 0.781. The number of aliphatic imine (C=N–C) groups is 1. The molecule has 1 unspecified atom stereocenters. The first-order valence-electron chi connectivity index (χ1n) is 5.37. The van der Waals surface area contributed by atoms with E-state index in [9.17, 15) is 0 Å². The summed E-state index contributed by atoms with van der Waals surface area (Å²) in [6.07, 6.45) is -0.0000813. The van der Waals surface area contributed by atoms with E-state index in [2.05, 4.69) is 29.6 Å². The van der Waals surface area contributed by atoms with Crippen LogP contribution in [0.3, 0.4) is 0 Å². The van der Waals surface area contributed by atoms with Gasteiger partial charge in [0.05, 0.1) is 6.54 Å². The van der Waals surface area contributed by atoms with Gasteiger partial charge in [-0.25, -0.2) is 4.99 Å². The molecule has 4 heteroatoms. The van der Waals surface area contributed by atoms with Crippen molar-refractivity contribution in [2.45, 2.75) is 20.0 Å². The van der Waals surface area contributed by atoms with Crippen molar-refractivity contribution in [2.24, 2.45) is 10.7 Å². The van der Waals surface area contributed by atoms with Gasteiger partial charge in [0.15, 0.2) is 6.10 Å². The van der Waals surface area contributed by atoms with Gasteiger partial charge in [-0.2, -0.15) is 0 Å². The first kappa shape index (κ1) is 10.8. The number of aliphatic hydroxyl groups is 1. The normalized spacial score (nSPS) is 19.1. The van der Waals surface area contributed by atoms with Crippen molar-refractivity contribution in [3.63, 3.8) is 0 Å². The Morgan fingerprint density at radius 3 is 3.00 bits per heavy atom. The maximum atomic E-state index is 5.43. The van der Waals surface area contributed by atoms with E-state index >= 15 is 0 Å². The molecule has 86 valence electrons. The average Bonchev–Trinajstić information content (AvgIpc) is 2.67. The van der Waals surface area contributed by atoms with E-state index in [1.165, 1.54) is 11.1 Å². The Balaban J connectivity index is 1.93. The highest BCUT2D eigenvalue weighted by atomic mass is 16.5. The molecule has 1 aliphatic heterocycles. The van der Waals surface area contributed by atoms with E-state index < -0.39 is 0 Å². The molecule has 1 atom stereocenters. The summed E-state index contributed by atoms with van der Waals surface area (Å²) in [6.45, 7) is 5.38. The lowest BCUT2D eigenvalue weighted by Crippen LogP contribution is -2.23. The maximum absolute atomic E-state index is 5.43. The van der Waals surface area contributed by atoms with Gasteiger partial charge in [-0.3, -0.25) is 0 Å². The number of amidine groups is 1. The SMILES string of the molecule is Cc1cccc([OH+]CC2CN=C(N)O2)c1C. The van der Waals surface area contributed by atoms with Crippen LogP contribution in [0.15, 0.2) is 23.2 Å². The van der Waals surface area contributed by atoms with Crippen molar-refractivity contribution in [1.29, 1.82) is 0 Å². The van der Waals surface area contributed by atoms with Crippen LogP contribution in [0.2, 0.25) is 0 Å². The largest absolute Gasteiger partial charge is 0.580 e. The van der Waals surface area contributed by atoms with Crippen LogP contribution in [-0.2, 0) is 4.74 Å². The zero-order valence-corrected chi connectivity index (χ0v) is 9.60. The van der Waals surface area contributed by atoms with Crippen LogP contribution in [0.4, 0.5) is 0 Å². The smallest absolute Gasteiger partial charge is 0.282 e. The molecule has 1 heterocycles. The standard InChI is InChI=1S/C12H16N2O2/c1-8-4-3-5-11(9(8)2)15-7-10-6-14-12(13)16-10/h3-5,10H,6-7H2,1-2H3,(H2,13,14)/p+1. The molecule has 0 spiro atoms. The van der Waals surface area contributed by atoms with E-state index in [1.807, 2.05) is 12.1 Å². The van der Waals surface area contributed by atoms with E-state index in [0.29, 0.717) is 13.2 Å². The predicted octanol–water partition coefficient (Wildman–Crippen LogP) is 1.26. The van der Waals surface area contributed by atoms with Crippen LogP contribution in [0.5, 0.6) is 5.75 Å². The number of nitrogens with two attached hydrogens (primary N) is 1. The number of ether oxygens (including phenoxy) is 2. The Kier molecular flexibility index (Phi) is 2.99. The molecule has 1 aromatic rings. The van der Waals surface area contributed by atoms with Gasteiger partial charge in [-0.05, 0) is 19.4 Å². The molecule has 0 amide bonds. The van der Waals surface area contributed by atoms with Crippen LogP contribution in [-0.4, -0.2) is 30.0 Å². The monoisotopic (exact) mass is 221 g/mol. The van der Waals surface area contributed by atoms with E-state index in [0.717, 1.165) is 5.75 Å². The molecule has 0 fully saturated rings. The van der Waals surface area contributed by atoms with E-state index in [1.54, 1.807) is 0 Å². The highest BCUT2D eigenvalue weighted by Crippen LogP contribution is 2.22. The van der Waals surface area contributed by atoms with Crippen molar-refractivity contribution in [3.05, 3.63) is 29.3 Å². The van der Waals surface area contributed by atoms with Gasteiger partial charge in [0.2, 0.25) is 6.61 Å². The molecule has 0 bridgehead atoms. The van der Waals surface area contributed by atoms with Crippen LogP contribution >= 0.6 is 0 Å². The number of nitrogens with zero attached hydrogens (tertiary/aromatic N) is 1. The van der Waals surface area contributed by atoms with Crippen molar-refractivity contribution >= 4 is 6.02 Å². The van der Waals surface area contributed by atoms with Crippen molar-refractivity contribution < 1.29 is 9.47 Å². The van der Waals surface area contributed by atoms with Crippen LogP contribution in [0.1, 0.15) is 11.1 Å². The topological polar surface area (TPSA) is 60.4 Å². The Bertz CT molecular complexity index is 415. The van der Waals surface area contributed by atoms with E-state index in [4.69, 9.17) is 10.5 Å². The lowest BCUT2D eigenvalue weighted by molar-refractivity contribution is 0.00508. The van der Waals surface area contributed by atoms with Gasteiger partial charge in [-0.15, -0.1) is 0 Å². The summed E-state index contributed by atoms with van der Waals surface area (Å²) in [5.74, 6) is 1.02. The molecule has 3 N–H and O–H groups in total. The second-order valence-corrected chi connectivity index (χ2v) is 3.98. The molecule has 0 aromatic heterocycles. The molecule has 0 saturated heterocycles. The van der Waals surface area contributed by atoms with Gasteiger partial charge >= 0.3 is 0 Å². The van der Waals surface area contributed by atoms with Gasteiger partial charge in [-0.1, -0.05) is 12.1 Å². The number of aromatic hydroxyl groups is 1. The summed E-state index contributed by atoms with van der Waals surface area (Å²) in [5.41, 5.74) is 7.91. The number of benzene rings is 1. The molecule has 2 rings (SSSR count). The minimum absolute atomic E-state index is 0.0000813. The third-order valence-electron chi connectivity index (χ3n) is 2.78. The van der Waals surface area contributed by atoms with Crippen LogP contribution in [0.25, 0.3) is 0 Å². The highest BCUT2D eigenvalue weighted by molar-refractivity contribution is 5.72. The number of rotatable bonds is 3. The summed E-state index contributed by atoms with van der Waals surface area (Å²) in [5, 5.41) is 0. The molecule has 0 aliphatic carbocycles. The van der Waals surface area contributed by atoms with Gasteiger partial charge in [0.1, 0.15) is 0 Å². The van der Waals surface area contributed by atoms with Gasteiger partial charge in [0, 0.05) is 11.6 Å². The molecule has 4 nitrogen and oxygen atoms in total. The summed E-state index contributed by atoms with van der Waals surface area (Å²) >= 11 is 0. The molecule has 0 saturated carbocycles. The van der Waals surface area contributed by atoms with E-state index in [-0.39, 0.29) is 12.1 Å². The fourth-order valence-electron chi connectivity index (χ4n) is 1.64. The Hall–Kier alpha value is -1.71. The maximum Gasteiger partial charge on any atom is 0.282 e. The third-order valence-corrected chi connectivity index (χ3v) is 2.78. The van der Waals surface area contributed by atoms with Crippen molar-refractivity contribution in [3.8, 4) is 5.75 Å². The molecule has 1 aliphatic rings. The number of aryl methyl sites for hydroxylation is 1. The molecule has 0 radical (unpaired) electrons. The predicted molar refractivity (Wildman–Crippen MR) is 63.8 cm³/mol. The van der Waals surface area contributed by atoms with Gasteiger partial charge < -0.3 is 15.2 Å².